The Hall–Kier alpha value is -0.750. The van der Waals surface area contributed by atoms with Crippen LogP contribution in [0.5, 0.6) is 0 Å². The molecule has 0 aromatic carbocycles. The van der Waals surface area contributed by atoms with Crippen LogP contribution in [0.25, 0.3) is 0 Å². The number of carboxylic acid groups (broad SMARTS) is 1. The van der Waals surface area contributed by atoms with Gasteiger partial charge in [-0.15, -0.1) is 11.6 Å². The molecule has 0 spiro atoms. The fraction of sp³-hybridized carbons (Fsp3) is 0.250. The average Bonchev–Trinajstić information content (AvgIpc) is 2.16. The van der Waals surface area contributed by atoms with E-state index in [9.17, 15) is 13.6 Å². The van der Waals surface area contributed by atoms with E-state index in [2.05, 4.69) is 20.9 Å². The molecule has 1 aromatic heterocycles. The zero-order valence-electron chi connectivity index (χ0n) is 7.18. The van der Waals surface area contributed by atoms with Crippen molar-refractivity contribution in [3.63, 3.8) is 0 Å². The summed E-state index contributed by atoms with van der Waals surface area (Å²) in [5.41, 5.74) is -0.940. The summed E-state index contributed by atoms with van der Waals surface area (Å²) < 4.78 is 24.9. The number of hydrogen-bond acceptors (Lipinski definition) is 2. The number of aromatic nitrogens is 1. The fourth-order valence-corrected chi connectivity index (χ4v) is 1.98. The molecule has 0 saturated heterocycles. The van der Waals surface area contributed by atoms with Gasteiger partial charge in [-0.2, -0.15) is 0 Å². The first-order valence-corrected chi connectivity index (χ1v) is 5.06. The summed E-state index contributed by atoms with van der Waals surface area (Å²) in [6.07, 6.45) is -1.80. The third kappa shape index (κ3) is 2.43. The molecule has 0 amide bonds. The molecule has 0 aliphatic rings. The van der Waals surface area contributed by atoms with Gasteiger partial charge < -0.3 is 5.11 Å². The summed E-state index contributed by atoms with van der Waals surface area (Å²) in [7, 11) is 0. The largest absolute Gasteiger partial charge is 0.478 e. The van der Waals surface area contributed by atoms with Crippen molar-refractivity contribution in [2.24, 2.45) is 0 Å². The molecule has 0 saturated carbocycles. The van der Waals surface area contributed by atoms with Crippen LogP contribution in [0.4, 0.5) is 8.78 Å². The highest BCUT2D eigenvalue weighted by molar-refractivity contribution is 9.10. The molecule has 3 nitrogen and oxygen atoms in total. The molecule has 1 heterocycles. The van der Waals surface area contributed by atoms with Crippen molar-refractivity contribution in [1.82, 2.24) is 4.98 Å². The smallest absolute Gasteiger partial charge is 0.338 e. The number of hydrogen-bond donors (Lipinski definition) is 1. The molecule has 15 heavy (non-hydrogen) atoms. The highest BCUT2D eigenvalue weighted by Crippen LogP contribution is 2.30. The minimum Gasteiger partial charge on any atom is -0.478 e. The zero-order chi connectivity index (χ0) is 11.6. The average molecular weight is 300 g/mol. The molecule has 0 aliphatic heterocycles. The van der Waals surface area contributed by atoms with Gasteiger partial charge in [0.1, 0.15) is 11.3 Å². The van der Waals surface area contributed by atoms with Crippen LogP contribution in [0.15, 0.2) is 10.7 Å². The summed E-state index contributed by atoms with van der Waals surface area (Å²) >= 11 is 8.41. The highest BCUT2D eigenvalue weighted by Gasteiger charge is 2.24. The summed E-state index contributed by atoms with van der Waals surface area (Å²) in [6, 6.07) is 0. The molecule has 0 unspecified atom stereocenters. The normalized spacial score (nSPS) is 10.7. The molecule has 7 heteroatoms. The van der Waals surface area contributed by atoms with Crippen molar-refractivity contribution in [3.8, 4) is 0 Å². The Morgan fingerprint density at radius 3 is 2.67 bits per heavy atom. The van der Waals surface area contributed by atoms with E-state index < -0.39 is 23.7 Å². The summed E-state index contributed by atoms with van der Waals surface area (Å²) in [5.74, 6) is -1.46. The van der Waals surface area contributed by atoms with Crippen LogP contribution in [-0.2, 0) is 5.88 Å². The van der Waals surface area contributed by atoms with E-state index in [1.807, 2.05) is 0 Å². The van der Waals surface area contributed by atoms with Crippen molar-refractivity contribution in [3.05, 3.63) is 27.5 Å². The maximum atomic E-state index is 12.4. The van der Waals surface area contributed by atoms with E-state index in [4.69, 9.17) is 16.7 Å². The van der Waals surface area contributed by atoms with Crippen LogP contribution in [0.2, 0.25) is 0 Å². The van der Waals surface area contributed by atoms with E-state index in [0.29, 0.717) is 5.56 Å². The van der Waals surface area contributed by atoms with E-state index in [1.54, 1.807) is 0 Å². The van der Waals surface area contributed by atoms with Gasteiger partial charge in [0.05, 0.1) is 5.88 Å². The Balaban J connectivity index is 3.44. The molecule has 0 radical (unpaired) electrons. The predicted octanol–water partition coefficient (Wildman–Crippen LogP) is 3.22. The number of pyridine rings is 1. The van der Waals surface area contributed by atoms with Crippen LogP contribution in [0, 0.1) is 0 Å². The molecule has 1 N–H and O–H groups in total. The summed E-state index contributed by atoms with van der Waals surface area (Å²) in [5, 5.41) is 8.77. The number of carbonyl (C=O) groups is 1. The number of halogens is 4. The number of rotatable bonds is 3. The van der Waals surface area contributed by atoms with Crippen LogP contribution < -0.4 is 0 Å². The lowest BCUT2D eigenvalue weighted by Gasteiger charge is -2.08. The first kappa shape index (κ1) is 12.3. The van der Waals surface area contributed by atoms with Crippen molar-refractivity contribution < 1.29 is 18.7 Å². The first-order valence-electron chi connectivity index (χ1n) is 3.73. The number of carboxylic acids is 1. The standard InChI is InChI=1S/C8H5BrClF2NO2/c9-5-3(1-10)2-13-6(7(11)12)4(5)8(14)15/h2,7H,1H2,(H,14,15). The van der Waals surface area contributed by atoms with Gasteiger partial charge in [-0.25, -0.2) is 13.6 Å². The second-order valence-electron chi connectivity index (χ2n) is 2.60. The van der Waals surface area contributed by atoms with Gasteiger partial charge in [-0.05, 0) is 15.9 Å². The van der Waals surface area contributed by atoms with Gasteiger partial charge >= 0.3 is 5.97 Å². The second-order valence-corrected chi connectivity index (χ2v) is 3.66. The maximum absolute atomic E-state index is 12.4. The number of aromatic carboxylic acids is 1. The summed E-state index contributed by atoms with van der Waals surface area (Å²) in [6.45, 7) is 0. The van der Waals surface area contributed by atoms with E-state index >= 15 is 0 Å². The Labute approximate surface area is 97.2 Å². The molecular formula is C8H5BrClF2NO2. The van der Waals surface area contributed by atoms with Crippen molar-refractivity contribution in [2.75, 3.05) is 0 Å². The van der Waals surface area contributed by atoms with Gasteiger partial charge in [0.2, 0.25) is 0 Å². The van der Waals surface area contributed by atoms with Gasteiger partial charge in [-0.3, -0.25) is 4.98 Å². The molecule has 82 valence electrons. The second kappa shape index (κ2) is 4.85. The predicted molar refractivity (Wildman–Crippen MR) is 53.4 cm³/mol. The van der Waals surface area contributed by atoms with Crippen molar-refractivity contribution in [2.45, 2.75) is 12.3 Å². The minimum absolute atomic E-state index is 0.00260. The molecule has 1 rings (SSSR count). The fourth-order valence-electron chi connectivity index (χ4n) is 1.00. The van der Waals surface area contributed by atoms with Crippen LogP contribution in [-0.4, -0.2) is 16.1 Å². The quantitative estimate of drug-likeness (QED) is 0.872. The van der Waals surface area contributed by atoms with Gasteiger partial charge in [0, 0.05) is 16.2 Å². The molecule has 1 aromatic rings. The Morgan fingerprint density at radius 1 is 1.67 bits per heavy atom. The number of nitrogens with zero attached hydrogens (tertiary/aromatic N) is 1. The van der Waals surface area contributed by atoms with Gasteiger partial charge in [-0.1, -0.05) is 0 Å². The monoisotopic (exact) mass is 299 g/mol. The van der Waals surface area contributed by atoms with Crippen LogP contribution >= 0.6 is 27.5 Å². The van der Waals surface area contributed by atoms with Crippen molar-refractivity contribution in [1.29, 1.82) is 0 Å². The third-order valence-electron chi connectivity index (χ3n) is 1.68. The van der Waals surface area contributed by atoms with Crippen LogP contribution in [0.1, 0.15) is 28.0 Å². The molecular weight excluding hydrogens is 295 g/mol. The molecule has 0 aliphatic carbocycles. The molecule has 0 atom stereocenters. The minimum atomic E-state index is -2.93. The van der Waals surface area contributed by atoms with E-state index in [1.165, 1.54) is 0 Å². The Morgan fingerprint density at radius 2 is 2.27 bits per heavy atom. The zero-order valence-corrected chi connectivity index (χ0v) is 9.52. The van der Waals surface area contributed by atoms with Crippen molar-refractivity contribution >= 4 is 33.5 Å². The highest BCUT2D eigenvalue weighted by atomic mass is 79.9. The SMILES string of the molecule is O=C(O)c1c(C(F)F)ncc(CCl)c1Br. The third-order valence-corrected chi connectivity index (χ3v) is 2.88. The van der Waals surface area contributed by atoms with E-state index in [0.717, 1.165) is 6.20 Å². The molecule has 0 fully saturated rings. The first-order chi connectivity index (χ1) is 6.99. The van der Waals surface area contributed by atoms with Gasteiger partial charge in [0.25, 0.3) is 6.43 Å². The lowest BCUT2D eigenvalue weighted by atomic mass is 10.1. The topological polar surface area (TPSA) is 50.2 Å². The van der Waals surface area contributed by atoms with Gasteiger partial charge in [0.15, 0.2) is 0 Å². The molecule has 0 bridgehead atoms. The maximum Gasteiger partial charge on any atom is 0.338 e. The Bertz CT molecular complexity index is 400. The number of alkyl halides is 3. The summed E-state index contributed by atoms with van der Waals surface area (Å²) in [4.78, 5) is 14.2. The lowest BCUT2D eigenvalue weighted by Crippen LogP contribution is -2.08. The Kier molecular flexibility index (Phi) is 3.98. The van der Waals surface area contributed by atoms with E-state index in [-0.39, 0.29) is 10.4 Å². The lowest BCUT2D eigenvalue weighted by molar-refractivity contribution is 0.0681. The van der Waals surface area contributed by atoms with Crippen LogP contribution in [0.3, 0.4) is 0 Å².